The van der Waals surface area contributed by atoms with E-state index < -0.39 is 52.9 Å². The molecule has 3 saturated carbocycles. The zero-order valence-corrected chi connectivity index (χ0v) is 23.8. The maximum atomic E-state index is 12.6. The van der Waals surface area contributed by atoms with Gasteiger partial charge in [0.15, 0.2) is 18.5 Å². The molecule has 7 N–H and O–H groups in total. The summed E-state index contributed by atoms with van der Waals surface area (Å²) < 4.78 is 0. The van der Waals surface area contributed by atoms with Gasteiger partial charge in [-0.3, -0.25) is 19.9 Å². The Bertz CT molecular complexity index is 1100. The first-order valence-corrected chi connectivity index (χ1v) is 14.1. The number of ketones is 1. The number of nitrogens with one attached hydrogen (secondary N) is 2. The first-order valence-electron chi connectivity index (χ1n) is 14.1. The first kappa shape index (κ1) is 30.6. The minimum Gasteiger partial charge on any atom is -0.479 e. The lowest BCUT2D eigenvalue weighted by atomic mass is 9.45. The molecular formula is C29H44N2O9. The molecule has 40 heavy (non-hydrogen) atoms. The minimum absolute atomic E-state index is 0.0360. The van der Waals surface area contributed by atoms with E-state index in [2.05, 4.69) is 17.7 Å². The highest BCUT2D eigenvalue weighted by atomic mass is 16.6. The summed E-state index contributed by atoms with van der Waals surface area (Å²) in [4.78, 5) is 41.2. The quantitative estimate of drug-likeness (QED) is 0.187. The summed E-state index contributed by atoms with van der Waals surface area (Å²) in [5, 5.41) is 53.7. The normalized spacial score (nSPS) is 37.7. The van der Waals surface area contributed by atoms with E-state index in [-0.39, 0.29) is 36.3 Å². The Hall–Kier alpha value is -2.31. The molecule has 8 atom stereocenters. The number of fused-ring (bicyclic) bond motifs is 5. The molecule has 0 aromatic rings. The molecule has 11 heteroatoms. The molecule has 0 unspecified atom stereocenters. The highest BCUT2D eigenvalue weighted by Gasteiger charge is 2.68. The second kappa shape index (κ2) is 10.8. The standard InChI is InChI=1S/C29H44N2O9/c1-26(2,24(36)25(37)38)15-30-22(35)14-40-31-17-7-9-27(3)16(11-17)5-6-18-19-8-10-29(39,21(34)13-32)28(19,4)12-20(33)23(18)27/h7,11,18-20,23-24,31-33,36,39H,5-6,8-10,12-15H2,1-4H3,(H,30,35)(H,37,38)/t18-,19-,20+,23+,24+,27-,28+,29-/m1/s1. The lowest BCUT2D eigenvalue weighted by molar-refractivity contribution is -0.181. The molecule has 11 nitrogen and oxygen atoms in total. The molecule has 0 spiro atoms. The van der Waals surface area contributed by atoms with E-state index in [4.69, 9.17) is 9.94 Å². The van der Waals surface area contributed by atoms with Gasteiger partial charge >= 0.3 is 5.97 Å². The maximum absolute atomic E-state index is 12.6. The number of Topliss-reactive ketones (excluding diaryl/α,β-unsaturated/α-hetero) is 1. The second-order valence-corrected chi connectivity index (χ2v) is 13.4. The third-order valence-electron chi connectivity index (χ3n) is 10.6. The number of aliphatic carboxylic acids is 1. The summed E-state index contributed by atoms with van der Waals surface area (Å²) in [5.41, 5.74) is 0.955. The van der Waals surface area contributed by atoms with Crippen LogP contribution in [0.15, 0.2) is 23.4 Å². The minimum atomic E-state index is -1.62. The van der Waals surface area contributed by atoms with Crippen LogP contribution in [-0.2, 0) is 19.2 Å². The zero-order chi connectivity index (χ0) is 29.7. The number of amides is 1. The fraction of sp³-hybridized carbons (Fsp3) is 0.759. The van der Waals surface area contributed by atoms with Gasteiger partial charge in [-0.2, -0.15) is 0 Å². The number of allylic oxidation sites excluding steroid dienone is 3. The summed E-state index contributed by atoms with van der Waals surface area (Å²) in [6, 6.07) is 0. The zero-order valence-electron chi connectivity index (χ0n) is 23.8. The van der Waals surface area contributed by atoms with Crippen molar-refractivity contribution in [1.82, 2.24) is 10.8 Å². The number of hydrogen-bond donors (Lipinski definition) is 7. The van der Waals surface area contributed by atoms with Gasteiger partial charge in [0.25, 0.3) is 0 Å². The average Bonchev–Trinajstić information content (AvgIpc) is 3.17. The van der Waals surface area contributed by atoms with E-state index in [0.717, 1.165) is 12.8 Å². The summed E-state index contributed by atoms with van der Waals surface area (Å²) in [5.74, 6) is -2.19. The largest absolute Gasteiger partial charge is 0.479 e. The van der Waals surface area contributed by atoms with E-state index in [1.165, 1.54) is 5.57 Å². The summed E-state index contributed by atoms with van der Waals surface area (Å²) in [6.07, 6.45) is 5.23. The van der Waals surface area contributed by atoms with Crippen LogP contribution in [0.25, 0.3) is 0 Å². The van der Waals surface area contributed by atoms with Gasteiger partial charge in [0.05, 0.1) is 11.8 Å². The van der Waals surface area contributed by atoms with Gasteiger partial charge in [0.1, 0.15) is 12.2 Å². The molecule has 0 aromatic carbocycles. The Morgan fingerprint density at radius 1 is 1.23 bits per heavy atom. The summed E-state index contributed by atoms with van der Waals surface area (Å²) in [6.45, 7) is 6.10. The van der Waals surface area contributed by atoms with Crippen LogP contribution in [0.4, 0.5) is 0 Å². The van der Waals surface area contributed by atoms with Crippen molar-refractivity contribution in [2.75, 3.05) is 19.8 Å². The number of carboxylic acids is 1. The Balaban J connectivity index is 1.37. The van der Waals surface area contributed by atoms with Crippen LogP contribution in [-0.4, -0.2) is 80.8 Å². The predicted octanol–water partition coefficient (Wildman–Crippen LogP) is 0.815. The van der Waals surface area contributed by atoms with E-state index >= 15 is 0 Å². The summed E-state index contributed by atoms with van der Waals surface area (Å²) in [7, 11) is 0. The Morgan fingerprint density at radius 2 is 1.93 bits per heavy atom. The molecule has 0 heterocycles. The van der Waals surface area contributed by atoms with Crippen molar-refractivity contribution >= 4 is 17.7 Å². The average molecular weight is 565 g/mol. The molecule has 4 rings (SSSR count). The number of aliphatic hydroxyl groups is 4. The molecule has 3 fully saturated rings. The van der Waals surface area contributed by atoms with Gasteiger partial charge in [-0.1, -0.05) is 39.3 Å². The highest BCUT2D eigenvalue weighted by Crippen LogP contribution is 2.67. The molecule has 0 aliphatic heterocycles. The fourth-order valence-electron chi connectivity index (χ4n) is 8.20. The van der Waals surface area contributed by atoms with Gasteiger partial charge in [-0.15, -0.1) is 0 Å². The number of hydrogen-bond acceptors (Lipinski definition) is 9. The lowest BCUT2D eigenvalue weighted by Gasteiger charge is -2.60. The smallest absolute Gasteiger partial charge is 0.333 e. The predicted molar refractivity (Wildman–Crippen MR) is 143 cm³/mol. The molecule has 0 bridgehead atoms. The lowest BCUT2D eigenvalue weighted by Crippen LogP contribution is -2.61. The van der Waals surface area contributed by atoms with Crippen molar-refractivity contribution in [3.63, 3.8) is 0 Å². The van der Waals surface area contributed by atoms with Gasteiger partial charge in [0, 0.05) is 17.4 Å². The van der Waals surface area contributed by atoms with Crippen LogP contribution in [0.5, 0.6) is 0 Å². The number of carbonyl (C=O) groups excluding carboxylic acids is 2. The SMILES string of the molecule is CC(C)(CNC(=O)CONC1=CC[C@]2(C)C(=C1)CC[C@H]1[C@H]2[C@@H](O)C[C@@]2(C)[C@@H]1CC[C@@]2(O)C(=O)CO)[C@@H](O)C(=O)O. The van der Waals surface area contributed by atoms with Crippen LogP contribution < -0.4 is 10.8 Å². The van der Waals surface area contributed by atoms with E-state index in [9.17, 15) is 34.8 Å². The monoisotopic (exact) mass is 564 g/mol. The molecule has 4 aliphatic rings. The molecule has 0 radical (unpaired) electrons. The molecule has 1 amide bonds. The maximum Gasteiger partial charge on any atom is 0.333 e. The van der Waals surface area contributed by atoms with Crippen LogP contribution in [0.2, 0.25) is 0 Å². The fourth-order valence-corrected chi connectivity index (χ4v) is 8.20. The number of rotatable bonds is 10. The van der Waals surface area contributed by atoms with Crippen molar-refractivity contribution < 1.29 is 44.8 Å². The first-order chi connectivity index (χ1) is 18.6. The third-order valence-corrected chi connectivity index (χ3v) is 10.6. The van der Waals surface area contributed by atoms with Crippen molar-refractivity contribution in [1.29, 1.82) is 0 Å². The van der Waals surface area contributed by atoms with Crippen molar-refractivity contribution in [2.24, 2.45) is 34.0 Å². The second-order valence-electron chi connectivity index (χ2n) is 13.4. The van der Waals surface area contributed by atoms with E-state index in [0.29, 0.717) is 31.4 Å². The van der Waals surface area contributed by atoms with Gasteiger partial charge in [-0.25, -0.2) is 4.79 Å². The van der Waals surface area contributed by atoms with E-state index in [1.54, 1.807) is 13.8 Å². The van der Waals surface area contributed by atoms with E-state index in [1.807, 2.05) is 19.1 Å². The number of carboxylic acid groups (broad SMARTS) is 1. The molecule has 4 aliphatic carbocycles. The van der Waals surface area contributed by atoms with Gasteiger partial charge < -0.3 is 30.8 Å². The Kier molecular flexibility index (Phi) is 8.30. The number of carbonyl (C=O) groups is 3. The van der Waals surface area contributed by atoms with Crippen molar-refractivity contribution in [2.45, 2.75) is 84.0 Å². The topological polar surface area (TPSA) is 186 Å². The van der Waals surface area contributed by atoms with Crippen LogP contribution in [0, 0.1) is 34.0 Å². The molecule has 0 saturated heterocycles. The van der Waals surface area contributed by atoms with Crippen LogP contribution in [0.3, 0.4) is 0 Å². The van der Waals surface area contributed by atoms with Gasteiger partial charge in [0.2, 0.25) is 5.91 Å². The Morgan fingerprint density at radius 3 is 2.58 bits per heavy atom. The van der Waals surface area contributed by atoms with Gasteiger partial charge in [-0.05, 0) is 67.8 Å². The third kappa shape index (κ3) is 5.00. The van der Waals surface area contributed by atoms with Crippen LogP contribution in [0.1, 0.15) is 66.2 Å². The molecular weight excluding hydrogens is 520 g/mol. The van der Waals surface area contributed by atoms with Crippen LogP contribution >= 0.6 is 0 Å². The molecule has 224 valence electrons. The number of hydroxylamine groups is 1. The van der Waals surface area contributed by atoms with Crippen molar-refractivity contribution in [3.05, 3.63) is 23.4 Å². The highest BCUT2D eigenvalue weighted by molar-refractivity contribution is 5.89. The van der Waals surface area contributed by atoms with Crippen molar-refractivity contribution in [3.8, 4) is 0 Å². The number of aliphatic hydroxyl groups excluding tert-OH is 3. The molecule has 0 aromatic heterocycles. The Labute approximate surface area is 234 Å². The summed E-state index contributed by atoms with van der Waals surface area (Å²) >= 11 is 0.